The Kier molecular flexibility index (Phi) is 53.4. The van der Waals surface area contributed by atoms with Crippen LogP contribution >= 0.6 is 0 Å². The Labute approximate surface area is 313 Å². The molecule has 0 aromatic carbocycles. The Balaban J connectivity index is -0.000000275. The standard InChI is InChI=1S/C16H30O.C10H22.C6H10O.2C4H10O2.C4H8/c1-2-3-4-5-6-7-8-9-10-11-15-12-13-16(17)14-15;1-3-5-7-9-10-8-6-4-2;1-5-2-3-6(7)4-5;2*1-3-6-4(2)5;1-3-4-2/h15H,2-14H2,1H3;3-10H2,1-2H3;5H,2-4H2,1H3;2*4-5H,3H2,1-2H3;3-4H,1-2H3/b;;;;;4-3+. The minimum absolute atomic E-state index is 0.451. The number of allylic oxidation sites excluding steroid dienone is 2. The number of carbonyl (C=O) groups excluding carboxylic acids is 2. The molecular weight excluding hydrogens is 624 g/mol. The van der Waals surface area contributed by atoms with Gasteiger partial charge in [-0.3, -0.25) is 9.59 Å². The monoisotopic (exact) mass is 715 g/mol. The maximum Gasteiger partial charge on any atom is 0.151 e. The number of unbranched alkanes of at least 4 members (excludes halogenated alkanes) is 15. The summed E-state index contributed by atoms with van der Waals surface area (Å²) in [6.45, 7) is 21.0. The molecule has 0 aromatic heterocycles. The maximum absolute atomic E-state index is 11.1. The molecule has 2 N–H and O–H groups in total. The molecule has 2 aliphatic carbocycles. The van der Waals surface area contributed by atoms with Crippen molar-refractivity contribution in [3.05, 3.63) is 12.2 Å². The Bertz CT molecular complexity index is 653. The van der Waals surface area contributed by atoms with Crippen molar-refractivity contribution in [2.24, 2.45) is 11.8 Å². The molecule has 2 aliphatic rings. The Morgan fingerprint density at radius 3 is 1.12 bits per heavy atom. The third-order valence-electron chi connectivity index (χ3n) is 8.66. The maximum atomic E-state index is 11.1. The number of aliphatic hydroxyl groups is 2. The second-order valence-corrected chi connectivity index (χ2v) is 14.0. The lowest BCUT2D eigenvalue weighted by atomic mass is 9.99. The molecule has 0 spiro atoms. The highest BCUT2D eigenvalue weighted by Gasteiger charge is 2.21. The normalized spacial score (nSPS) is 17.5. The third kappa shape index (κ3) is 56.3. The number of rotatable bonds is 21. The van der Waals surface area contributed by atoms with Crippen LogP contribution < -0.4 is 0 Å². The molecule has 0 aliphatic heterocycles. The van der Waals surface area contributed by atoms with Gasteiger partial charge >= 0.3 is 0 Å². The van der Waals surface area contributed by atoms with Gasteiger partial charge in [-0.2, -0.15) is 0 Å². The van der Waals surface area contributed by atoms with Gasteiger partial charge in [-0.15, -0.1) is 0 Å². The van der Waals surface area contributed by atoms with Crippen LogP contribution in [0.25, 0.3) is 0 Å². The number of ketones is 2. The van der Waals surface area contributed by atoms with Gasteiger partial charge in [0, 0.05) is 38.9 Å². The van der Waals surface area contributed by atoms with Crippen LogP contribution in [0.4, 0.5) is 0 Å². The summed E-state index contributed by atoms with van der Waals surface area (Å²) in [7, 11) is 0. The molecular formula is C44H90O6. The second kappa shape index (κ2) is 47.9. The zero-order valence-corrected chi connectivity index (χ0v) is 35.4. The highest BCUT2D eigenvalue weighted by atomic mass is 16.6. The number of hydrogen-bond donors (Lipinski definition) is 2. The van der Waals surface area contributed by atoms with E-state index in [1.54, 1.807) is 13.8 Å². The minimum Gasteiger partial charge on any atom is -0.368 e. The fraction of sp³-hybridized carbons (Fsp3) is 0.909. The van der Waals surface area contributed by atoms with Crippen LogP contribution in [0.15, 0.2) is 12.2 Å². The summed E-state index contributed by atoms with van der Waals surface area (Å²) < 4.78 is 9.19. The van der Waals surface area contributed by atoms with E-state index in [1.165, 1.54) is 122 Å². The summed E-state index contributed by atoms with van der Waals surface area (Å²) in [4.78, 5) is 21.6. The van der Waals surface area contributed by atoms with Gasteiger partial charge in [0.05, 0.1) is 0 Å². The molecule has 4 unspecified atom stereocenters. The molecule has 6 heteroatoms. The van der Waals surface area contributed by atoms with E-state index in [9.17, 15) is 9.59 Å². The van der Waals surface area contributed by atoms with Crippen molar-refractivity contribution in [1.29, 1.82) is 0 Å². The van der Waals surface area contributed by atoms with Crippen molar-refractivity contribution in [3.8, 4) is 0 Å². The zero-order chi connectivity index (χ0) is 38.7. The van der Waals surface area contributed by atoms with Crippen LogP contribution in [0.3, 0.4) is 0 Å². The molecule has 2 fully saturated rings. The van der Waals surface area contributed by atoms with Crippen LogP contribution in [0.5, 0.6) is 0 Å². The van der Waals surface area contributed by atoms with E-state index in [1.807, 2.05) is 39.8 Å². The second-order valence-electron chi connectivity index (χ2n) is 14.0. The van der Waals surface area contributed by atoms with Gasteiger partial charge in [-0.25, -0.2) is 0 Å². The van der Waals surface area contributed by atoms with Crippen molar-refractivity contribution in [3.63, 3.8) is 0 Å². The van der Waals surface area contributed by atoms with E-state index in [0.29, 0.717) is 30.7 Å². The average molecular weight is 715 g/mol. The first kappa shape index (κ1) is 55.7. The van der Waals surface area contributed by atoms with E-state index in [-0.39, 0.29) is 0 Å². The van der Waals surface area contributed by atoms with Gasteiger partial charge in [-0.1, -0.05) is 155 Å². The van der Waals surface area contributed by atoms with Crippen LogP contribution in [0.2, 0.25) is 0 Å². The topological polar surface area (TPSA) is 93.1 Å². The fourth-order valence-electron chi connectivity index (χ4n) is 5.57. The lowest BCUT2D eigenvalue weighted by molar-refractivity contribution is -0.118. The number of Topliss-reactive ketones (excluding diaryl/α,β-unsaturated/α-hetero) is 2. The number of hydrogen-bond acceptors (Lipinski definition) is 6. The predicted octanol–water partition coefficient (Wildman–Crippen LogP) is 13.1. The molecule has 4 atom stereocenters. The zero-order valence-electron chi connectivity index (χ0n) is 35.4. The molecule has 0 heterocycles. The highest BCUT2D eigenvalue weighted by Crippen LogP contribution is 2.27. The van der Waals surface area contributed by atoms with Crippen LogP contribution in [0.1, 0.15) is 223 Å². The Hall–Kier alpha value is -1.08. The molecule has 6 nitrogen and oxygen atoms in total. The van der Waals surface area contributed by atoms with E-state index in [0.717, 1.165) is 38.0 Å². The number of carbonyl (C=O) groups is 2. The van der Waals surface area contributed by atoms with Crippen molar-refractivity contribution in [2.45, 2.75) is 236 Å². The van der Waals surface area contributed by atoms with Gasteiger partial charge < -0.3 is 19.7 Å². The van der Waals surface area contributed by atoms with Gasteiger partial charge in [0.2, 0.25) is 0 Å². The Morgan fingerprint density at radius 1 is 0.580 bits per heavy atom. The third-order valence-corrected chi connectivity index (χ3v) is 8.66. The summed E-state index contributed by atoms with van der Waals surface area (Å²) in [5.74, 6) is 2.37. The molecule has 0 bridgehead atoms. The van der Waals surface area contributed by atoms with Crippen LogP contribution in [-0.4, -0.2) is 47.6 Å². The molecule has 302 valence electrons. The van der Waals surface area contributed by atoms with E-state index >= 15 is 0 Å². The van der Waals surface area contributed by atoms with Crippen molar-refractivity contribution in [1.82, 2.24) is 0 Å². The molecule has 0 radical (unpaired) electrons. The van der Waals surface area contributed by atoms with Crippen LogP contribution in [0, 0.1) is 11.8 Å². The first-order valence-electron chi connectivity index (χ1n) is 21.2. The molecule has 2 rings (SSSR count). The smallest absolute Gasteiger partial charge is 0.151 e. The van der Waals surface area contributed by atoms with Gasteiger partial charge in [-0.05, 0) is 66.2 Å². The summed E-state index contributed by atoms with van der Waals surface area (Å²) in [6.07, 6.45) is 33.9. The number of ether oxygens (including phenoxy) is 2. The Morgan fingerprint density at radius 2 is 0.920 bits per heavy atom. The SMILES string of the molecule is C/C=C/C.CC1CCC(=O)C1.CCCCCCCCCC.CCCCCCCCCCCC1CCC(=O)C1.CCOC(C)O.CCOC(C)O. The quantitative estimate of drug-likeness (QED) is 0.0698. The van der Waals surface area contributed by atoms with Gasteiger partial charge in [0.1, 0.15) is 11.6 Å². The van der Waals surface area contributed by atoms with E-state index < -0.39 is 12.6 Å². The van der Waals surface area contributed by atoms with E-state index in [2.05, 4.69) is 37.2 Å². The van der Waals surface area contributed by atoms with Crippen molar-refractivity contribution in [2.75, 3.05) is 13.2 Å². The van der Waals surface area contributed by atoms with Gasteiger partial charge in [0.15, 0.2) is 12.6 Å². The first-order valence-corrected chi connectivity index (χ1v) is 21.2. The van der Waals surface area contributed by atoms with Crippen LogP contribution in [-0.2, 0) is 19.1 Å². The summed E-state index contributed by atoms with van der Waals surface area (Å²) in [5, 5.41) is 16.7. The molecule has 0 aromatic rings. The minimum atomic E-state index is -0.602. The van der Waals surface area contributed by atoms with Crippen molar-refractivity contribution >= 4 is 11.6 Å². The molecule has 2 saturated carbocycles. The molecule has 0 amide bonds. The molecule has 0 saturated heterocycles. The molecule has 50 heavy (non-hydrogen) atoms. The van der Waals surface area contributed by atoms with E-state index in [4.69, 9.17) is 10.2 Å². The summed E-state index contributed by atoms with van der Waals surface area (Å²) in [5.41, 5.74) is 0. The average Bonchev–Trinajstić information content (AvgIpc) is 3.68. The highest BCUT2D eigenvalue weighted by molar-refractivity contribution is 5.80. The lowest BCUT2D eigenvalue weighted by Gasteiger charge is -2.07. The first-order chi connectivity index (χ1) is 24.0. The summed E-state index contributed by atoms with van der Waals surface area (Å²) >= 11 is 0. The fourth-order valence-corrected chi connectivity index (χ4v) is 5.57. The summed E-state index contributed by atoms with van der Waals surface area (Å²) in [6, 6.07) is 0. The largest absolute Gasteiger partial charge is 0.368 e. The van der Waals surface area contributed by atoms with Gasteiger partial charge in [0.25, 0.3) is 0 Å². The number of aliphatic hydroxyl groups excluding tert-OH is 2. The lowest BCUT2D eigenvalue weighted by Crippen LogP contribution is -2.04. The van der Waals surface area contributed by atoms with Crippen molar-refractivity contribution < 1.29 is 29.3 Å². The predicted molar refractivity (Wildman–Crippen MR) is 218 cm³/mol.